The summed E-state index contributed by atoms with van der Waals surface area (Å²) in [6, 6.07) is 0. The number of hydrogen-bond donors (Lipinski definition) is 1. The highest BCUT2D eigenvalue weighted by atomic mass is 31.2. The Morgan fingerprint density at radius 3 is 2.29 bits per heavy atom. The first-order chi connectivity index (χ1) is 11.0. The van der Waals surface area contributed by atoms with Gasteiger partial charge in [-0.1, -0.05) is 0 Å². The van der Waals surface area contributed by atoms with Crippen LogP contribution in [-0.4, -0.2) is 47.6 Å². The first kappa shape index (κ1) is 18.8. The molecule has 0 unspecified atom stereocenters. The molecule has 1 heterocycles. The van der Waals surface area contributed by atoms with Crippen LogP contribution in [0.15, 0.2) is 0 Å². The van der Waals surface area contributed by atoms with Gasteiger partial charge < -0.3 is 23.6 Å². The Bertz CT molecular complexity index is 519. The largest absolute Gasteiger partial charge is 0.390 e. The average Bonchev–Trinajstić information content (AvgIpc) is 2.98. The number of fused-ring (bicyclic) bond motifs is 3. The van der Waals surface area contributed by atoms with Crippen LogP contribution in [0.1, 0.15) is 54.4 Å². The molecule has 0 aromatic rings. The Labute approximate surface area is 144 Å². The minimum atomic E-state index is -3.17. The first-order valence-electron chi connectivity index (χ1n) is 8.98. The zero-order valence-corrected chi connectivity index (χ0v) is 16.4. The van der Waals surface area contributed by atoms with E-state index in [4.69, 9.17) is 18.5 Å². The minimum Gasteiger partial charge on any atom is -0.390 e. The highest BCUT2D eigenvalue weighted by Crippen LogP contribution is 2.70. The maximum atomic E-state index is 13.1. The van der Waals surface area contributed by atoms with Gasteiger partial charge in [-0.3, -0.25) is 4.57 Å². The van der Waals surface area contributed by atoms with E-state index in [1.807, 2.05) is 41.5 Å². The van der Waals surface area contributed by atoms with Gasteiger partial charge in [0.05, 0.1) is 30.6 Å². The smallest absolute Gasteiger partial charge is 0.331 e. The normalized spacial score (nSPS) is 40.2. The summed E-state index contributed by atoms with van der Waals surface area (Å²) in [5.74, 6) is -0.515. The third-order valence-corrected chi connectivity index (χ3v) is 7.47. The van der Waals surface area contributed by atoms with Gasteiger partial charge in [0.1, 0.15) is 6.10 Å². The molecule has 3 fully saturated rings. The van der Waals surface area contributed by atoms with Gasteiger partial charge in [0.25, 0.3) is 0 Å². The Balaban J connectivity index is 1.70. The van der Waals surface area contributed by atoms with E-state index in [9.17, 15) is 9.67 Å². The zero-order chi connectivity index (χ0) is 17.9. The molecule has 0 amide bonds. The molecule has 6 nitrogen and oxygen atoms in total. The molecule has 0 aromatic heterocycles. The molecule has 1 N–H and O–H groups in total. The molecule has 1 saturated heterocycles. The van der Waals surface area contributed by atoms with E-state index in [1.54, 1.807) is 0 Å². The van der Waals surface area contributed by atoms with E-state index in [-0.39, 0.29) is 35.7 Å². The Kier molecular flexibility index (Phi) is 4.73. The fourth-order valence-corrected chi connectivity index (χ4v) is 6.63. The lowest BCUT2D eigenvalue weighted by molar-refractivity contribution is -0.167. The van der Waals surface area contributed by atoms with Crippen LogP contribution in [0.4, 0.5) is 0 Å². The van der Waals surface area contributed by atoms with Crippen LogP contribution in [0.3, 0.4) is 0 Å². The van der Waals surface area contributed by atoms with Crippen molar-refractivity contribution < 1.29 is 28.2 Å². The molecule has 7 heteroatoms. The molecule has 3 rings (SSSR count). The molecule has 0 radical (unpaired) electrons. The second kappa shape index (κ2) is 6.04. The summed E-state index contributed by atoms with van der Waals surface area (Å²) in [6.45, 7) is 11.2. The van der Waals surface area contributed by atoms with E-state index in [0.717, 1.165) is 6.42 Å². The first-order valence-corrected chi connectivity index (χ1v) is 10.7. The third kappa shape index (κ3) is 3.34. The Morgan fingerprint density at radius 1 is 1.17 bits per heavy atom. The molecule has 2 aliphatic carbocycles. The van der Waals surface area contributed by atoms with Crippen molar-refractivity contribution in [2.24, 2.45) is 11.3 Å². The van der Waals surface area contributed by atoms with Crippen molar-refractivity contribution in [1.82, 2.24) is 0 Å². The second-order valence-electron chi connectivity index (χ2n) is 8.45. The molecule has 5 atom stereocenters. The highest BCUT2D eigenvalue weighted by Gasteiger charge is 2.75. The van der Waals surface area contributed by atoms with Gasteiger partial charge in [0.2, 0.25) is 0 Å². The molecule has 2 saturated carbocycles. The van der Waals surface area contributed by atoms with Crippen molar-refractivity contribution >= 4 is 7.60 Å². The van der Waals surface area contributed by atoms with E-state index in [1.165, 1.54) is 0 Å². The van der Waals surface area contributed by atoms with Gasteiger partial charge in [-0.05, 0) is 60.3 Å². The summed E-state index contributed by atoms with van der Waals surface area (Å²) in [5, 5.41) is 10.5. The van der Waals surface area contributed by atoms with Crippen LogP contribution in [0, 0.1) is 11.3 Å². The number of aliphatic hydroxyl groups excluding tert-OH is 1. The number of rotatable bonds is 7. The van der Waals surface area contributed by atoms with Gasteiger partial charge in [-0.2, -0.15) is 0 Å². The lowest BCUT2D eigenvalue weighted by atomic mass is 9.96. The predicted molar refractivity (Wildman–Crippen MR) is 89.9 cm³/mol. The van der Waals surface area contributed by atoms with Crippen molar-refractivity contribution in [3.8, 4) is 0 Å². The molecule has 3 aliphatic rings. The van der Waals surface area contributed by atoms with E-state index in [2.05, 4.69) is 0 Å². The average molecular weight is 362 g/mol. The molecule has 0 spiro atoms. The monoisotopic (exact) mass is 362 g/mol. The molecule has 24 heavy (non-hydrogen) atoms. The molecule has 1 aliphatic heterocycles. The van der Waals surface area contributed by atoms with Crippen LogP contribution in [0.25, 0.3) is 0 Å². The third-order valence-electron chi connectivity index (χ3n) is 5.22. The van der Waals surface area contributed by atoms with E-state index < -0.39 is 19.5 Å². The standard InChI is InChI=1S/C17H31O6P/c1-10(2)22-24(19,23-11(3)4)8-7-17-9-12(17)13(18)14-15(17)21-16(5,6)20-14/h10-15,18H,7-9H2,1-6H3/t12-,13+,14+,15+,17-/m1/s1. The SMILES string of the molecule is CC(C)OP(=O)(CC[C@@]12C[C@@H]1[C@H](O)[C@@H]1OC(C)(C)O[C@@H]12)OC(C)C. The Hall–Kier alpha value is 0.0300. The van der Waals surface area contributed by atoms with Crippen LogP contribution < -0.4 is 0 Å². The fraction of sp³-hybridized carbons (Fsp3) is 1.00. The van der Waals surface area contributed by atoms with Crippen LogP contribution in [-0.2, 0) is 23.1 Å². The number of aliphatic hydroxyl groups is 1. The molecule has 0 bridgehead atoms. The summed E-state index contributed by atoms with van der Waals surface area (Å²) in [6.07, 6.45) is 0.648. The van der Waals surface area contributed by atoms with Crippen LogP contribution >= 0.6 is 7.60 Å². The molecular weight excluding hydrogens is 331 g/mol. The number of ether oxygens (including phenoxy) is 2. The summed E-state index contributed by atoms with van der Waals surface area (Å²) in [4.78, 5) is 0. The summed E-state index contributed by atoms with van der Waals surface area (Å²) < 4.78 is 36.3. The van der Waals surface area contributed by atoms with Gasteiger partial charge in [-0.25, -0.2) is 0 Å². The fourth-order valence-electron chi connectivity index (χ4n) is 4.40. The van der Waals surface area contributed by atoms with Crippen LogP contribution in [0.2, 0.25) is 0 Å². The van der Waals surface area contributed by atoms with Crippen molar-refractivity contribution in [2.45, 2.75) is 90.7 Å². The van der Waals surface area contributed by atoms with Crippen molar-refractivity contribution in [1.29, 1.82) is 0 Å². The minimum absolute atomic E-state index is 0.140. The van der Waals surface area contributed by atoms with Crippen molar-refractivity contribution in [3.05, 3.63) is 0 Å². The lowest BCUT2D eigenvalue weighted by Gasteiger charge is -2.27. The topological polar surface area (TPSA) is 74.2 Å². The molecule has 0 aromatic carbocycles. The molecular formula is C17H31O6P. The van der Waals surface area contributed by atoms with Gasteiger partial charge in [-0.15, -0.1) is 0 Å². The quantitative estimate of drug-likeness (QED) is 0.701. The number of hydrogen-bond acceptors (Lipinski definition) is 6. The van der Waals surface area contributed by atoms with E-state index >= 15 is 0 Å². The van der Waals surface area contributed by atoms with Crippen molar-refractivity contribution in [3.63, 3.8) is 0 Å². The summed E-state index contributed by atoms with van der Waals surface area (Å²) >= 11 is 0. The zero-order valence-electron chi connectivity index (χ0n) is 15.5. The lowest BCUT2D eigenvalue weighted by Crippen LogP contribution is -2.33. The second-order valence-corrected chi connectivity index (χ2v) is 10.5. The maximum Gasteiger partial charge on any atom is 0.331 e. The van der Waals surface area contributed by atoms with Gasteiger partial charge in [0.15, 0.2) is 5.79 Å². The predicted octanol–water partition coefficient (Wildman–Crippen LogP) is 3.32. The maximum absolute atomic E-state index is 13.1. The summed E-state index contributed by atoms with van der Waals surface area (Å²) in [7, 11) is -3.17. The van der Waals surface area contributed by atoms with Crippen LogP contribution in [0.5, 0.6) is 0 Å². The van der Waals surface area contributed by atoms with Gasteiger partial charge >= 0.3 is 7.60 Å². The summed E-state index contributed by atoms with van der Waals surface area (Å²) in [5.41, 5.74) is -0.159. The van der Waals surface area contributed by atoms with Crippen molar-refractivity contribution in [2.75, 3.05) is 6.16 Å². The highest BCUT2D eigenvalue weighted by molar-refractivity contribution is 7.53. The van der Waals surface area contributed by atoms with Gasteiger partial charge in [0, 0.05) is 5.41 Å². The molecule has 140 valence electrons. The van der Waals surface area contributed by atoms with E-state index in [0.29, 0.717) is 12.6 Å². The Morgan fingerprint density at radius 2 is 1.75 bits per heavy atom.